The van der Waals surface area contributed by atoms with Crippen molar-refractivity contribution < 1.29 is 28.5 Å². The van der Waals surface area contributed by atoms with Crippen LogP contribution in [0, 0.1) is 0 Å². The zero-order valence-electron chi connectivity index (χ0n) is 27.7. The van der Waals surface area contributed by atoms with E-state index in [0.717, 1.165) is 32.9 Å². The van der Waals surface area contributed by atoms with Gasteiger partial charge in [0.1, 0.15) is 11.2 Å². The maximum absolute atomic E-state index is 12.8. The average Bonchev–Trinajstić information content (AvgIpc) is 3.22. The van der Waals surface area contributed by atoms with Crippen LogP contribution in [0.3, 0.4) is 0 Å². The van der Waals surface area contributed by atoms with Crippen LogP contribution in [0.25, 0.3) is 12.2 Å². The molecule has 4 rings (SSSR count). The molecular formula is C36H46Br2O6. The minimum absolute atomic E-state index is 0.00400. The van der Waals surface area contributed by atoms with Gasteiger partial charge in [-0.3, -0.25) is 9.59 Å². The normalized spacial score (nSPS) is 25.9. The summed E-state index contributed by atoms with van der Waals surface area (Å²) >= 11 is 6.99. The largest absolute Gasteiger partial charge is 0.381 e. The molecule has 2 heterocycles. The predicted octanol–water partition coefficient (Wildman–Crippen LogP) is 8.36. The van der Waals surface area contributed by atoms with Gasteiger partial charge in [-0.1, -0.05) is 57.8 Å². The number of Topliss-reactive ketones (excluding diaryl/α,β-unsaturated/α-hetero) is 2. The number of hydrogen-bond donors (Lipinski definition) is 0. The highest BCUT2D eigenvalue weighted by Crippen LogP contribution is 2.42. The van der Waals surface area contributed by atoms with Gasteiger partial charge in [-0.2, -0.15) is 0 Å². The number of ketones is 2. The Hall–Kier alpha value is -1.94. The van der Waals surface area contributed by atoms with E-state index in [2.05, 4.69) is 57.8 Å². The van der Waals surface area contributed by atoms with E-state index in [9.17, 15) is 9.59 Å². The first kappa shape index (κ1) is 36.5. The van der Waals surface area contributed by atoms with Crippen LogP contribution in [0.1, 0.15) is 77.6 Å². The van der Waals surface area contributed by atoms with Crippen LogP contribution < -0.4 is 0 Å². The second-order valence-corrected chi connectivity index (χ2v) is 14.6. The maximum Gasteiger partial charge on any atom is 0.195 e. The van der Waals surface area contributed by atoms with E-state index in [1.165, 1.54) is 11.1 Å². The molecule has 0 amide bonds. The van der Waals surface area contributed by atoms with Crippen molar-refractivity contribution in [2.75, 3.05) is 27.4 Å². The van der Waals surface area contributed by atoms with Crippen molar-refractivity contribution in [3.8, 4) is 0 Å². The lowest BCUT2D eigenvalue weighted by Crippen LogP contribution is -2.38. The van der Waals surface area contributed by atoms with Crippen molar-refractivity contribution in [1.29, 1.82) is 0 Å². The second-order valence-electron chi connectivity index (χ2n) is 12.7. The molecule has 240 valence electrons. The summed E-state index contributed by atoms with van der Waals surface area (Å²) < 4.78 is 24.6. The van der Waals surface area contributed by atoms with Gasteiger partial charge in [0.15, 0.2) is 17.2 Å². The van der Waals surface area contributed by atoms with Crippen molar-refractivity contribution in [2.45, 2.75) is 90.6 Å². The van der Waals surface area contributed by atoms with Crippen LogP contribution in [-0.4, -0.2) is 61.4 Å². The van der Waals surface area contributed by atoms with Crippen LogP contribution in [0.15, 0.2) is 56.5 Å². The summed E-state index contributed by atoms with van der Waals surface area (Å²) in [6, 6.07) is 12.2. The lowest BCUT2D eigenvalue weighted by molar-refractivity contribution is -0.143. The molecule has 0 saturated carbocycles. The smallest absolute Gasteiger partial charge is 0.195 e. The number of carbonyl (C=O) groups excluding carboxylic acids is 2. The fourth-order valence-electron chi connectivity index (χ4n) is 6.02. The Bertz CT molecular complexity index is 1460. The summed E-state index contributed by atoms with van der Waals surface area (Å²) in [6.07, 6.45) is 5.73. The third-order valence-electron chi connectivity index (χ3n) is 8.11. The first-order valence-electron chi connectivity index (χ1n) is 15.0. The fraction of sp³-hybridized carbons (Fsp3) is 0.500. The van der Waals surface area contributed by atoms with E-state index in [-0.39, 0.29) is 18.2 Å². The molecule has 0 spiro atoms. The zero-order valence-corrected chi connectivity index (χ0v) is 30.8. The molecule has 44 heavy (non-hydrogen) atoms. The van der Waals surface area contributed by atoms with Crippen molar-refractivity contribution in [3.63, 3.8) is 0 Å². The van der Waals surface area contributed by atoms with E-state index in [1.807, 2.05) is 71.0 Å². The first-order chi connectivity index (χ1) is 20.5. The molecule has 0 radical (unpaired) electrons. The minimum atomic E-state index is -0.911. The number of benzene rings is 2. The lowest BCUT2D eigenvalue weighted by Gasteiger charge is -2.26. The molecule has 2 fully saturated rings. The Morgan fingerprint density at radius 1 is 0.659 bits per heavy atom. The van der Waals surface area contributed by atoms with Crippen LogP contribution in [-0.2, 0) is 41.4 Å². The van der Waals surface area contributed by atoms with Gasteiger partial charge in [-0.25, -0.2) is 0 Å². The van der Waals surface area contributed by atoms with Crippen LogP contribution in [0.4, 0.5) is 0 Å². The van der Waals surface area contributed by atoms with Gasteiger partial charge in [-0.05, 0) is 113 Å². The fourth-order valence-corrected chi connectivity index (χ4v) is 6.83. The van der Waals surface area contributed by atoms with Gasteiger partial charge < -0.3 is 18.9 Å². The van der Waals surface area contributed by atoms with Gasteiger partial charge >= 0.3 is 0 Å². The van der Waals surface area contributed by atoms with Crippen LogP contribution in [0.2, 0.25) is 0 Å². The molecule has 0 bridgehead atoms. The van der Waals surface area contributed by atoms with Crippen molar-refractivity contribution in [3.05, 3.63) is 78.7 Å². The Balaban J connectivity index is 0.000000240. The van der Waals surface area contributed by atoms with Gasteiger partial charge in [0.2, 0.25) is 0 Å². The Kier molecular flexibility index (Phi) is 11.8. The van der Waals surface area contributed by atoms with Crippen molar-refractivity contribution in [1.82, 2.24) is 0 Å². The van der Waals surface area contributed by atoms with E-state index in [4.69, 9.17) is 18.9 Å². The summed E-state index contributed by atoms with van der Waals surface area (Å²) in [5, 5.41) is 0. The molecule has 8 heteroatoms. The maximum atomic E-state index is 12.8. The van der Waals surface area contributed by atoms with Crippen molar-refractivity contribution in [2.24, 2.45) is 0 Å². The molecular weight excluding hydrogens is 688 g/mol. The highest BCUT2D eigenvalue weighted by molar-refractivity contribution is 9.10. The molecule has 2 aromatic rings. The number of aryl methyl sites for hydroxylation is 2. The summed E-state index contributed by atoms with van der Waals surface area (Å²) in [5.74, 6) is 0.0290. The number of carbonyl (C=O) groups is 2. The van der Waals surface area contributed by atoms with E-state index < -0.39 is 22.4 Å². The average molecular weight is 735 g/mol. The molecule has 2 aromatic carbocycles. The molecule has 2 aliphatic heterocycles. The SMILES string of the molecule is CCc1cc(Br)ccc1C=C1C(=O)C(C)(C)OC1(C)COC.CCc1cc(Br)ccc1C=C1C(=O)C(C)(COC)OC1(C)C. The molecule has 2 unspecified atom stereocenters. The lowest BCUT2D eigenvalue weighted by atomic mass is 9.89. The van der Waals surface area contributed by atoms with Crippen molar-refractivity contribution >= 4 is 55.6 Å². The second kappa shape index (κ2) is 14.2. The monoisotopic (exact) mass is 732 g/mol. The Labute approximate surface area is 279 Å². The molecule has 0 N–H and O–H groups in total. The summed E-state index contributed by atoms with van der Waals surface area (Å²) in [5.41, 5.74) is 2.82. The topological polar surface area (TPSA) is 71.1 Å². The summed E-state index contributed by atoms with van der Waals surface area (Å²) in [6.45, 7) is 16.0. The molecule has 2 saturated heterocycles. The molecule has 2 atom stereocenters. The number of ether oxygens (including phenoxy) is 4. The summed E-state index contributed by atoms with van der Waals surface area (Å²) in [4.78, 5) is 25.6. The number of methoxy groups -OCH3 is 2. The highest BCUT2D eigenvalue weighted by Gasteiger charge is 2.53. The third kappa shape index (κ3) is 7.88. The first-order valence-corrected chi connectivity index (χ1v) is 16.5. The Morgan fingerprint density at radius 3 is 1.55 bits per heavy atom. The van der Waals surface area contributed by atoms with E-state index >= 15 is 0 Å². The highest BCUT2D eigenvalue weighted by atomic mass is 79.9. The van der Waals surface area contributed by atoms with Crippen LogP contribution in [0.5, 0.6) is 0 Å². The standard InChI is InChI=1S/2C18H23BrO3/c1-6-12-9-14(19)8-7-13(12)10-15-16(20)17(2,3)22-18(15,4)11-21-5;1-6-12-9-14(19)8-7-13(12)10-15-16(20)18(4,11-21-5)22-17(15,2)3/h2*7-10H,6,11H2,1-5H3. The predicted molar refractivity (Wildman–Crippen MR) is 184 cm³/mol. The molecule has 0 aliphatic carbocycles. The van der Waals surface area contributed by atoms with Gasteiger partial charge in [0, 0.05) is 34.3 Å². The quantitative estimate of drug-likeness (QED) is 0.254. The molecule has 6 nitrogen and oxygen atoms in total. The molecule has 2 aliphatic rings. The number of rotatable bonds is 8. The number of hydrogen-bond acceptors (Lipinski definition) is 6. The van der Waals surface area contributed by atoms with E-state index in [1.54, 1.807) is 21.1 Å². The van der Waals surface area contributed by atoms with Gasteiger partial charge in [-0.15, -0.1) is 0 Å². The summed E-state index contributed by atoms with van der Waals surface area (Å²) in [7, 11) is 3.21. The third-order valence-corrected chi connectivity index (χ3v) is 9.09. The van der Waals surface area contributed by atoms with Gasteiger partial charge in [0.05, 0.1) is 18.8 Å². The van der Waals surface area contributed by atoms with Crippen LogP contribution >= 0.6 is 31.9 Å². The van der Waals surface area contributed by atoms with E-state index in [0.29, 0.717) is 17.8 Å². The molecule has 0 aromatic heterocycles. The van der Waals surface area contributed by atoms with Gasteiger partial charge in [0.25, 0.3) is 0 Å². The Morgan fingerprint density at radius 2 is 1.09 bits per heavy atom. The number of halogens is 2. The zero-order chi connectivity index (χ0) is 33.1. The minimum Gasteiger partial charge on any atom is -0.381 e.